The van der Waals surface area contributed by atoms with Gasteiger partial charge < -0.3 is 20.1 Å². The summed E-state index contributed by atoms with van der Waals surface area (Å²) >= 11 is 0. The highest BCUT2D eigenvalue weighted by molar-refractivity contribution is 5.78. The van der Waals surface area contributed by atoms with E-state index < -0.39 is 0 Å². The van der Waals surface area contributed by atoms with Gasteiger partial charge in [-0.3, -0.25) is 9.59 Å². The molecule has 0 aliphatic heterocycles. The van der Waals surface area contributed by atoms with E-state index in [-0.39, 0.29) is 48.7 Å². The van der Waals surface area contributed by atoms with E-state index in [0.717, 1.165) is 25.7 Å². The molecule has 160 valence electrons. The highest BCUT2D eigenvalue weighted by atomic mass is 19.1. The predicted molar refractivity (Wildman–Crippen MR) is 106 cm³/mol. The van der Waals surface area contributed by atoms with Crippen LogP contribution in [-0.4, -0.2) is 37.1 Å². The largest absolute Gasteiger partial charge is 0.484 e. The van der Waals surface area contributed by atoms with Crippen LogP contribution in [0.4, 0.5) is 8.78 Å². The zero-order valence-electron chi connectivity index (χ0n) is 16.4. The van der Waals surface area contributed by atoms with E-state index in [4.69, 9.17) is 9.47 Å². The van der Waals surface area contributed by atoms with Gasteiger partial charge >= 0.3 is 0 Å². The molecule has 3 rings (SSSR count). The highest BCUT2D eigenvalue weighted by Gasteiger charge is 2.23. The number of carbonyl (C=O) groups excluding carboxylic acids is 2. The molecule has 0 radical (unpaired) electrons. The van der Waals surface area contributed by atoms with Crippen LogP contribution in [-0.2, 0) is 9.59 Å². The summed E-state index contributed by atoms with van der Waals surface area (Å²) < 4.78 is 36.4. The fraction of sp³-hybridized carbons (Fsp3) is 0.364. The third kappa shape index (κ3) is 7.02. The lowest BCUT2D eigenvalue weighted by Crippen LogP contribution is -2.45. The first kappa shape index (κ1) is 21.5. The third-order valence-corrected chi connectivity index (χ3v) is 4.82. The van der Waals surface area contributed by atoms with Crippen LogP contribution in [0.2, 0.25) is 0 Å². The van der Waals surface area contributed by atoms with Gasteiger partial charge in [0.2, 0.25) is 0 Å². The van der Waals surface area contributed by atoms with E-state index in [9.17, 15) is 18.4 Å². The molecule has 0 saturated heterocycles. The summed E-state index contributed by atoms with van der Waals surface area (Å²) in [5.41, 5.74) is 0. The zero-order valence-corrected chi connectivity index (χ0v) is 16.4. The molecule has 0 atom stereocenters. The molecule has 1 fully saturated rings. The molecule has 30 heavy (non-hydrogen) atoms. The van der Waals surface area contributed by atoms with E-state index in [0.29, 0.717) is 11.5 Å². The van der Waals surface area contributed by atoms with Crippen LogP contribution >= 0.6 is 0 Å². The summed E-state index contributed by atoms with van der Waals surface area (Å²) in [6.07, 6.45) is 2.97. The lowest BCUT2D eigenvalue weighted by molar-refractivity contribution is -0.125. The summed E-state index contributed by atoms with van der Waals surface area (Å²) in [6.45, 7) is -0.272. The molecule has 2 amide bonds. The summed E-state index contributed by atoms with van der Waals surface area (Å²) in [5, 5.41) is 5.84. The molecule has 0 aromatic heterocycles. The number of hydrogen-bond donors (Lipinski definition) is 2. The van der Waals surface area contributed by atoms with Crippen molar-refractivity contribution < 1.29 is 27.8 Å². The molecule has 6 nitrogen and oxygen atoms in total. The van der Waals surface area contributed by atoms with Crippen LogP contribution in [0.1, 0.15) is 25.7 Å². The Hall–Kier alpha value is -3.16. The zero-order chi connectivity index (χ0) is 21.3. The molecule has 1 aliphatic carbocycles. The normalized spacial score (nSPS) is 18.3. The fourth-order valence-electron chi connectivity index (χ4n) is 3.28. The van der Waals surface area contributed by atoms with Gasteiger partial charge in [-0.15, -0.1) is 0 Å². The van der Waals surface area contributed by atoms with E-state index >= 15 is 0 Å². The van der Waals surface area contributed by atoms with Gasteiger partial charge in [-0.2, -0.15) is 0 Å². The average molecular weight is 418 g/mol. The number of hydrogen-bond acceptors (Lipinski definition) is 4. The van der Waals surface area contributed by atoms with Crippen molar-refractivity contribution in [3.8, 4) is 11.5 Å². The van der Waals surface area contributed by atoms with E-state index in [1.807, 2.05) is 0 Å². The van der Waals surface area contributed by atoms with Crippen molar-refractivity contribution in [1.29, 1.82) is 0 Å². The van der Waals surface area contributed by atoms with Crippen molar-refractivity contribution in [1.82, 2.24) is 10.6 Å². The minimum Gasteiger partial charge on any atom is -0.484 e. The highest BCUT2D eigenvalue weighted by Crippen LogP contribution is 2.19. The van der Waals surface area contributed by atoms with Crippen molar-refractivity contribution in [2.75, 3.05) is 13.2 Å². The van der Waals surface area contributed by atoms with Gasteiger partial charge in [0.15, 0.2) is 13.2 Å². The first-order valence-corrected chi connectivity index (χ1v) is 9.83. The molecule has 8 heteroatoms. The second kappa shape index (κ2) is 10.6. The molecule has 1 saturated carbocycles. The van der Waals surface area contributed by atoms with Crippen molar-refractivity contribution in [3.63, 3.8) is 0 Å². The van der Waals surface area contributed by atoms with E-state index in [2.05, 4.69) is 10.6 Å². The first-order chi connectivity index (χ1) is 14.5. The Kier molecular flexibility index (Phi) is 7.59. The lowest BCUT2D eigenvalue weighted by Gasteiger charge is -2.29. The molecule has 2 aromatic carbocycles. The molecule has 2 N–H and O–H groups in total. The van der Waals surface area contributed by atoms with Gasteiger partial charge in [0.1, 0.15) is 23.1 Å². The van der Waals surface area contributed by atoms with Gasteiger partial charge in [-0.1, -0.05) is 0 Å². The molecule has 1 aliphatic rings. The Morgan fingerprint density at radius 3 is 1.37 bits per heavy atom. The molecule has 0 spiro atoms. The van der Waals surface area contributed by atoms with Gasteiger partial charge in [-0.25, -0.2) is 8.78 Å². The summed E-state index contributed by atoms with van der Waals surface area (Å²) in [5.74, 6) is -0.337. The number of halogens is 2. The second-order valence-electron chi connectivity index (χ2n) is 7.17. The first-order valence-electron chi connectivity index (χ1n) is 9.83. The molecule has 0 heterocycles. The SMILES string of the molecule is O=C(COc1ccc(F)cc1)NC1CCC(NC(=O)COc2ccc(F)cc2)CC1. The summed E-state index contributed by atoms with van der Waals surface area (Å²) in [7, 11) is 0. The average Bonchev–Trinajstić information content (AvgIpc) is 2.74. The van der Waals surface area contributed by atoms with E-state index in [1.165, 1.54) is 48.5 Å². The number of nitrogens with one attached hydrogen (secondary N) is 2. The molecule has 2 aromatic rings. The molecular formula is C22H24F2N2O4. The maximum atomic E-state index is 12.9. The predicted octanol–water partition coefficient (Wildman–Crippen LogP) is 2.97. The Balaban J connectivity index is 1.31. The van der Waals surface area contributed by atoms with Crippen molar-refractivity contribution in [2.24, 2.45) is 0 Å². The fourth-order valence-corrected chi connectivity index (χ4v) is 3.28. The van der Waals surface area contributed by atoms with Gasteiger partial charge in [-0.05, 0) is 74.2 Å². The minimum atomic E-state index is -0.363. The van der Waals surface area contributed by atoms with Crippen molar-refractivity contribution >= 4 is 11.8 Å². The van der Waals surface area contributed by atoms with Gasteiger partial charge in [0.05, 0.1) is 0 Å². The van der Waals surface area contributed by atoms with E-state index in [1.54, 1.807) is 0 Å². The standard InChI is InChI=1S/C22H24F2N2O4/c23-15-1-9-19(10-2-15)29-13-21(27)25-17-5-7-18(8-6-17)26-22(28)14-30-20-11-3-16(24)4-12-20/h1-4,9-12,17-18H,5-8,13-14H2,(H,25,27)(H,26,28). The van der Waals surface area contributed by atoms with Crippen LogP contribution in [0.15, 0.2) is 48.5 Å². The van der Waals surface area contributed by atoms with Crippen LogP contribution in [0.3, 0.4) is 0 Å². The Morgan fingerprint density at radius 1 is 0.700 bits per heavy atom. The van der Waals surface area contributed by atoms with Gasteiger partial charge in [0, 0.05) is 12.1 Å². The third-order valence-electron chi connectivity index (χ3n) is 4.82. The topological polar surface area (TPSA) is 76.7 Å². The van der Waals surface area contributed by atoms with Crippen LogP contribution in [0, 0.1) is 11.6 Å². The number of rotatable bonds is 8. The summed E-state index contributed by atoms with van der Waals surface area (Å²) in [4.78, 5) is 24.1. The number of amides is 2. The van der Waals surface area contributed by atoms with Crippen molar-refractivity contribution in [3.05, 3.63) is 60.2 Å². The molecule has 0 unspecified atom stereocenters. The number of benzene rings is 2. The lowest BCUT2D eigenvalue weighted by atomic mass is 9.91. The van der Waals surface area contributed by atoms with Crippen LogP contribution < -0.4 is 20.1 Å². The number of ether oxygens (including phenoxy) is 2. The quantitative estimate of drug-likeness (QED) is 0.691. The molecular weight excluding hydrogens is 394 g/mol. The van der Waals surface area contributed by atoms with Crippen LogP contribution in [0.25, 0.3) is 0 Å². The van der Waals surface area contributed by atoms with Gasteiger partial charge in [0.25, 0.3) is 11.8 Å². The number of carbonyl (C=O) groups is 2. The Bertz CT molecular complexity index is 764. The Morgan fingerprint density at radius 2 is 1.03 bits per heavy atom. The maximum absolute atomic E-state index is 12.9. The van der Waals surface area contributed by atoms with Crippen LogP contribution in [0.5, 0.6) is 11.5 Å². The summed E-state index contributed by atoms with van der Waals surface area (Å²) in [6, 6.07) is 11.0. The monoisotopic (exact) mass is 418 g/mol. The molecule has 0 bridgehead atoms. The van der Waals surface area contributed by atoms with Crippen molar-refractivity contribution in [2.45, 2.75) is 37.8 Å². The second-order valence-corrected chi connectivity index (χ2v) is 7.17. The minimum absolute atomic E-state index is 0.0259. The Labute approximate surface area is 173 Å². The smallest absolute Gasteiger partial charge is 0.258 e. The maximum Gasteiger partial charge on any atom is 0.258 e.